The summed E-state index contributed by atoms with van der Waals surface area (Å²) in [5, 5.41) is 6.26. The average Bonchev–Trinajstić information content (AvgIpc) is 2.96. The van der Waals surface area contributed by atoms with E-state index in [1.807, 2.05) is 11.4 Å². The van der Waals surface area contributed by atoms with Gasteiger partial charge in [-0.05, 0) is 33.6 Å². The van der Waals surface area contributed by atoms with E-state index in [-0.39, 0.29) is 0 Å². The molecule has 0 bridgehead atoms. The van der Waals surface area contributed by atoms with Gasteiger partial charge in [0.25, 0.3) is 0 Å². The highest BCUT2D eigenvalue weighted by molar-refractivity contribution is 9.10. The van der Waals surface area contributed by atoms with Crippen LogP contribution >= 0.6 is 27.3 Å². The first-order valence-corrected chi connectivity index (χ1v) is 8.38. The van der Waals surface area contributed by atoms with Gasteiger partial charge in [-0.2, -0.15) is 0 Å². The zero-order valence-electron chi connectivity index (χ0n) is 12.4. The highest BCUT2D eigenvalue weighted by Gasteiger charge is 2.12. The number of hydrogen-bond acceptors (Lipinski definition) is 5. The van der Waals surface area contributed by atoms with Crippen molar-refractivity contribution < 1.29 is 9.47 Å². The molecule has 114 valence electrons. The number of methoxy groups -OCH3 is 1. The lowest BCUT2D eigenvalue weighted by Crippen LogP contribution is -2.21. The number of aromatic nitrogens is 1. The largest absolute Gasteiger partial charge is 0.493 e. The third kappa shape index (κ3) is 4.69. The average molecular weight is 371 g/mol. The summed E-state index contributed by atoms with van der Waals surface area (Å²) in [5.74, 6) is 1.43. The number of nitrogens with zero attached hydrogens (tertiary/aromatic N) is 1. The first-order valence-electron chi connectivity index (χ1n) is 6.71. The molecule has 0 aliphatic heterocycles. The lowest BCUT2D eigenvalue weighted by atomic mass is 10.2. The summed E-state index contributed by atoms with van der Waals surface area (Å²) in [4.78, 5) is 4.21. The van der Waals surface area contributed by atoms with Crippen molar-refractivity contribution >= 4 is 27.3 Å². The van der Waals surface area contributed by atoms with Crippen LogP contribution in [0, 0.1) is 0 Å². The zero-order valence-corrected chi connectivity index (χ0v) is 14.8. The monoisotopic (exact) mass is 370 g/mol. The Morgan fingerprint density at radius 2 is 2.19 bits per heavy atom. The van der Waals surface area contributed by atoms with Gasteiger partial charge < -0.3 is 14.8 Å². The molecule has 0 aliphatic carbocycles. The molecular weight excluding hydrogens is 352 g/mol. The molecule has 0 amide bonds. The van der Waals surface area contributed by atoms with Gasteiger partial charge in [0.15, 0.2) is 11.5 Å². The summed E-state index contributed by atoms with van der Waals surface area (Å²) in [5.41, 5.74) is 1.15. The van der Waals surface area contributed by atoms with E-state index in [9.17, 15) is 0 Å². The van der Waals surface area contributed by atoms with Crippen LogP contribution < -0.4 is 14.8 Å². The third-order valence-corrected chi connectivity index (χ3v) is 4.17. The van der Waals surface area contributed by atoms with Gasteiger partial charge in [-0.25, -0.2) is 4.98 Å². The molecular formula is C15H19BrN2O2S. The standard InChI is InChI=1S/C15H19BrN2O2S/c1-10(2)18-8-11-6-12(16)15(13(7-11)19-3)20-9-14-17-4-5-21-14/h4-7,10,18H,8-9H2,1-3H3. The van der Waals surface area contributed by atoms with Crippen molar-refractivity contribution in [3.05, 3.63) is 38.8 Å². The predicted octanol–water partition coefficient (Wildman–Crippen LogP) is 3.99. The van der Waals surface area contributed by atoms with Crippen LogP contribution in [0.3, 0.4) is 0 Å². The number of nitrogens with one attached hydrogen (secondary N) is 1. The molecule has 1 heterocycles. The molecule has 4 nitrogen and oxygen atoms in total. The maximum absolute atomic E-state index is 5.84. The van der Waals surface area contributed by atoms with Crippen molar-refractivity contribution in [1.29, 1.82) is 0 Å². The van der Waals surface area contributed by atoms with Crippen molar-refractivity contribution in [2.45, 2.75) is 33.0 Å². The second-order valence-corrected chi connectivity index (χ2v) is 6.69. The van der Waals surface area contributed by atoms with Crippen LogP contribution in [-0.2, 0) is 13.2 Å². The Kier molecular flexibility index (Phi) is 6.02. The molecule has 1 aromatic heterocycles. The van der Waals surface area contributed by atoms with Crippen LogP contribution in [0.15, 0.2) is 28.2 Å². The quantitative estimate of drug-likeness (QED) is 0.799. The number of ether oxygens (including phenoxy) is 2. The molecule has 0 fully saturated rings. The fourth-order valence-corrected chi connectivity index (χ4v) is 2.93. The summed E-state index contributed by atoms with van der Waals surface area (Å²) in [6.45, 7) is 5.48. The SMILES string of the molecule is COc1cc(CNC(C)C)cc(Br)c1OCc1nccs1. The van der Waals surface area contributed by atoms with Crippen molar-refractivity contribution in [1.82, 2.24) is 10.3 Å². The Hall–Kier alpha value is -1.11. The minimum atomic E-state index is 0.440. The van der Waals surface area contributed by atoms with Crippen molar-refractivity contribution in [2.75, 3.05) is 7.11 Å². The highest BCUT2D eigenvalue weighted by Crippen LogP contribution is 2.37. The lowest BCUT2D eigenvalue weighted by Gasteiger charge is -2.15. The minimum absolute atomic E-state index is 0.440. The zero-order chi connectivity index (χ0) is 15.2. The summed E-state index contributed by atoms with van der Waals surface area (Å²) in [7, 11) is 1.65. The Labute approximate surface area is 137 Å². The number of halogens is 1. The molecule has 1 N–H and O–H groups in total. The maximum Gasteiger partial charge on any atom is 0.175 e. The molecule has 0 saturated carbocycles. The van der Waals surface area contributed by atoms with Gasteiger partial charge in [-0.3, -0.25) is 0 Å². The van der Waals surface area contributed by atoms with Gasteiger partial charge >= 0.3 is 0 Å². The van der Waals surface area contributed by atoms with Gasteiger partial charge in [0.1, 0.15) is 11.6 Å². The van der Waals surface area contributed by atoms with Crippen molar-refractivity contribution in [3.8, 4) is 11.5 Å². The van der Waals surface area contributed by atoms with Crippen molar-refractivity contribution in [3.63, 3.8) is 0 Å². The fourth-order valence-electron chi connectivity index (χ4n) is 1.80. The van der Waals surface area contributed by atoms with E-state index in [4.69, 9.17) is 9.47 Å². The first-order chi connectivity index (χ1) is 10.1. The summed E-state index contributed by atoms with van der Waals surface area (Å²) < 4.78 is 12.2. The summed E-state index contributed by atoms with van der Waals surface area (Å²) in [6, 6.07) is 4.49. The van der Waals surface area contributed by atoms with Gasteiger partial charge in [-0.15, -0.1) is 11.3 Å². The van der Waals surface area contributed by atoms with E-state index in [1.165, 1.54) is 0 Å². The minimum Gasteiger partial charge on any atom is -0.493 e. The molecule has 0 saturated heterocycles. The van der Waals surface area contributed by atoms with E-state index in [0.29, 0.717) is 18.4 Å². The second kappa shape index (κ2) is 7.77. The third-order valence-electron chi connectivity index (χ3n) is 2.83. The number of hydrogen-bond donors (Lipinski definition) is 1. The molecule has 6 heteroatoms. The van der Waals surface area contributed by atoms with Gasteiger partial charge in [0.05, 0.1) is 11.6 Å². The first kappa shape index (κ1) is 16.3. The molecule has 0 atom stereocenters. The van der Waals surface area contributed by atoms with Gasteiger partial charge in [0, 0.05) is 24.2 Å². The maximum atomic E-state index is 5.84. The molecule has 0 aliphatic rings. The normalized spacial score (nSPS) is 10.9. The molecule has 0 spiro atoms. The van der Waals surface area contributed by atoms with Crippen LogP contribution in [0.25, 0.3) is 0 Å². The predicted molar refractivity (Wildman–Crippen MR) is 89.1 cm³/mol. The van der Waals surface area contributed by atoms with Gasteiger partial charge in [-0.1, -0.05) is 13.8 Å². The van der Waals surface area contributed by atoms with Crippen LogP contribution in [0.1, 0.15) is 24.4 Å². The van der Waals surface area contributed by atoms with E-state index in [2.05, 4.69) is 46.1 Å². The van der Waals surface area contributed by atoms with E-state index in [1.54, 1.807) is 24.6 Å². The van der Waals surface area contributed by atoms with E-state index < -0.39 is 0 Å². The second-order valence-electron chi connectivity index (χ2n) is 4.86. The number of thiazole rings is 1. The van der Waals surface area contributed by atoms with Crippen LogP contribution in [-0.4, -0.2) is 18.1 Å². The molecule has 0 radical (unpaired) electrons. The number of rotatable bonds is 7. The molecule has 0 unspecified atom stereocenters. The topological polar surface area (TPSA) is 43.4 Å². The number of benzene rings is 1. The molecule has 2 aromatic rings. The van der Waals surface area contributed by atoms with E-state index in [0.717, 1.165) is 27.3 Å². The Bertz CT molecular complexity index is 573. The lowest BCUT2D eigenvalue weighted by molar-refractivity contribution is 0.282. The van der Waals surface area contributed by atoms with Gasteiger partial charge in [0.2, 0.25) is 0 Å². The van der Waals surface area contributed by atoms with Crippen LogP contribution in [0.2, 0.25) is 0 Å². The van der Waals surface area contributed by atoms with Crippen LogP contribution in [0.4, 0.5) is 0 Å². The van der Waals surface area contributed by atoms with E-state index >= 15 is 0 Å². The highest BCUT2D eigenvalue weighted by atomic mass is 79.9. The molecule has 1 aromatic carbocycles. The molecule has 2 rings (SSSR count). The summed E-state index contributed by atoms with van der Waals surface area (Å²) in [6.07, 6.45) is 1.77. The summed E-state index contributed by atoms with van der Waals surface area (Å²) >= 11 is 5.13. The Balaban J connectivity index is 2.12. The van der Waals surface area contributed by atoms with Crippen LogP contribution in [0.5, 0.6) is 11.5 Å². The fraction of sp³-hybridized carbons (Fsp3) is 0.400. The molecule has 21 heavy (non-hydrogen) atoms. The van der Waals surface area contributed by atoms with Crippen molar-refractivity contribution in [2.24, 2.45) is 0 Å². The smallest absolute Gasteiger partial charge is 0.175 e. The Morgan fingerprint density at radius 1 is 1.38 bits per heavy atom. The Morgan fingerprint density at radius 3 is 2.81 bits per heavy atom.